The lowest BCUT2D eigenvalue weighted by atomic mass is 9.92. The number of azide groups is 1. The zero-order valence-corrected chi connectivity index (χ0v) is 15.0. The van der Waals surface area contributed by atoms with Crippen LogP contribution in [-0.2, 0) is 20.8 Å². The lowest BCUT2D eigenvalue weighted by molar-refractivity contribution is -0.290. The van der Waals surface area contributed by atoms with E-state index in [4.69, 9.17) is 19.7 Å². The quantitative estimate of drug-likeness (QED) is 0.440. The maximum absolute atomic E-state index is 10.5. The third-order valence-corrected chi connectivity index (χ3v) is 4.77. The molecule has 0 bridgehead atoms. The second kappa shape index (κ2) is 9.14. The first-order chi connectivity index (χ1) is 13.1. The molecule has 0 spiro atoms. The van der Waals surface area contributed by atoms with Gasteiger partial charge in [-0.1, -0.05) is 48.4 Å². The number of benzene rings is 2. The van der Waals surface area contributed by atoms with Crippen molar-refractivity contribution in [1.82, 2.24) is 0 Å². The SMILES string of the molecule is CC1[C@@H](OCN=[N+]=[N-])OC(CO)[C@H](O)[C@@H]1OCc1ccc2ccccc2c1. The molecule has 8 nitrogen and oxygen atoms in total. The minimum atomic E-state index is -0.996. The van der Waals surface area contributed by atoms with Crippen LogP contribution in [0.2, 0.25) is 0 Å². The molecular formula is C19H23N3O5. The fourth-order valence-corrected chi connectivity index (χ4v) is 3.30. The first-order valence-electron chi connectivity index (χ1n) is 8.80. The van der Waals surface area contributed by atoms with Crippen molar-refractivity contribution in [2.24, 2.45) is 11.0 Å². The lowest BCUT2D eigenvalue weighted by Crippen LogP contribution is -2.56. The highest BCUT2D eigenvalue weighted by atomic mass is 16.7. The van der Waals surface area contributed by atoms with Gasteiger partial charge in [0.15, 0.2) is 6.29 Å². The molecule has 2 unspecified atom stereocenters. The van der Waals surface area contributed by atoms with Gasteiger partial charge in [0, 0.05) is 10.8 Å². The molecule has 3 rings (SSSR count). The largest absolute Gasteiger partial charge is 0.394 e. The van der Waals surface area contributed by atoms with Crippen LogP contribution < -0.4 is 0 Å². The molecule has 144 valence electrons. The number of aliphatic hydroxyl groups is 2. The van der Waals surface area contributed by atoms with E-state index in [0.29, 0.717) is 6.61 Å². The average Bonchev–Trinajstić information content (AvgIpc) is 2.69. The predicted molar refractivity (Wildman–Crippen MR) is 98.5 cm³/mol. The fourth-order valence-electron chi connectivity index (χ4n) is 3.30. The number of aliphatic hydroxyl groups excluding tert-OH is 2. The van der Waals surface area contributed by atoms with E-state index in [9.17, 15) is 10.2 Å². The first-order valence-corrected chi connectivity index (χ1v) is 8.80. The lowest BCUT2D eigenvalue weighted by Gasteiger charge is -2.42. The van der Waals surface area contributed by atoms with Gasteiger partial charge in [0.05, 0.1) is 19.3 Å². The van der Waals surface area contributed by atoms with Gasteiger partial charge in [0.2, 0.25) is 0 Å². The second-order valence-corrected chi connectivity index (χ2v) is 6.56. The summed E-state index contributed by atoms with van der Waals surface area (Å²) in [5.41, 5.74) is 9.35. The van der Waals surface area contributed by atoms with E-state index in [1.54, 1.807) is 0 Å². The number of rotatable bonds is 7. The summed E-state index contributed by atoms with van der Waals surface area (Å²) < 4.78 is 17.0. The Labute approximate surface area is 156 Å². The highest BCUT2D eigenvalue weighted by Gasteiger charge is 2.44. The van der Waals surface area contributed by atoms with E-state index in [0.717, 1.165) is 16.3 Å². The predicted octanol–water partition coefficient (Wildman–Crippen LogP) is 2.72. The van der Waals surface area contributed by atoms with E-state index >= 15 is 0 Å². The van der Waals surface area contributed by atoms with Gasteiger partial charge < -0.3 is 24.4 Å². The van der Waals surface area contributed by atoms with Crippen molar-refractivity contribution in [3.63, 3.8) is 0 Å². The molecule has 2 aromatic carbocycles. The molecule has 1 fully saturated rings. The van der Waals surface area contributed by atoms with Gasteiger partial charge in [0.25, 0.3) is 0 Å². The van der Waals surface area contributed by atoms with E-state index in [1.807, 2.05) is 49.4 Å². The van der Waals surface area contributed by atoms with Gasteiger partial charge >= 0.3 is 0 Å². The Bertz CT molecular complexity index is 811. The van der Waals surface area contributed by atoms with Crippen molar-refractivity contribution < 1.29 is 24.4 Å². The van der Waals surface area contributed by atoms with Crippen LogP contribution in [0, 0.1) is 5.92 Å². The molecule has 0 saturated carbocycles. The summed E-state index contributed by atoms with van der Waals surface area (Å²) in [4.78, 5) is 2.63. The van der Waals surface area contributed by atoms with Gasteiger partial charge in [-0.2, -0.15) is 0 Å². The summed E-state index contributed by atoms with van der Waals surface area (Å²) in [6, 6.07) is 14.1. The van der Waals surface area contributed by atoms with Gasteiger partial charge in [-0.25, -0.2) is 0 Å². The number of hydrogen-bond acceptors (Lipinski definition) is 6. The minimum Gasteiger partial charge on any atom is -0.394 e. The third kappa shape index (κ3) is 4.56. The molecule has 1 aliphatic rings. The molecule has 0 aliphatic carbocycles. The van der Waals surface area contributed by atoms with Crippen molar-refractivity contribution in [3.8, 4) is 0 Å². The van der Waals surface area contributed by atoms with Crippen LogP contribution in [-0.4, -0.2) is 48.2 Å². The van der Waals surface area contributed by atoms with E-state index in [-0.39, 0.29) is 19.3 Å². The summed E-state index contributed by atoms with van der Waals surface area (Å²) >= 11 is 0. The maximum Gasteiger partial charge on any atom is 0.163 e. The first kappa shape index (κ1) is 19.6. The molecule has 1 aliphatic heterocycles. The summed E-state index contributed by atoms with van der Waals surface area (Å²) in [5.74, 6) is -0.322. The molecule has 2 N–H and O–H groups in total. The molecular weight excluding hydrogens is 350 g/mol. The summed E-state index contributed by atoms with van der Waals surface area (Å²) in [6.45, 7) is 1.56. The Hall–Kier alpha value is -2.19. The van der Waals surface area contributed by atoms with Crippen molar-refractivity contribution in [1.29, 1.82) is 0 Å². The Morgan fingerprint density at radius 3 is 2.70 bits per heavy atom. The molecule has 0 radical (unpaired) electrons. The van der Waals surface area contributed by atoms with Crippen molar-refractivity contribution in [2.45, 2.75) is 38.1 Å². The topological polar surface area (TPSA) is 117 Å². The summed E-state index contributed by atoms with van der Waals surface area (Å²) in [7, 11) is 0. The number of nitrogens with zero attached hydrogens (tertiary/aromatic N) is 3. The van der Waals surface area contributed by atoms with E-state index in [2.05, 4.69) is 10.0 Å². The number of fused-ring (bicyclic) bond motifs is 1. The van der Waals surface area contributed by atoms with Crippen LogP contribution in [0.3, 0.4) is 0 Å². The second-order valence-electron chi connectivity index (χ2n) is 6.56. The van der Waals surface area contributed by atoms with Gasteiger partial charge in [-0.15, -0.1) is 0 Å². The smallest absolute Gasteiger partial charge is 0.163 e. The van der Waals surface area contributed by atoms with E-state index < -0.39 is 24.6 Å². The number of ether oxygens (including phenoxy) is 3. The molecule has 27 heavy (non-hydrogen) atoms. The Morgan fingerprint density at radius 2 is 1.96 bits per heavy atom. The summed E-state index contributed by atoms with van der Waals surface area (Å²) in [6.07, 6.45) is -3.18. The monoisotopic (exact) mass is 373 g/mol. The average molecular weight is 373 g/mol. The summed E-state index contributed by atoms with van der Waals surface area (Å²) in [5, 5.41) is 25.6. The highest BCUT2D eigenvalue weighted by Crippen LogP contribution is 2.30. The standard InChI is InChI=1S/C19H23N3O5/c1-12-18(17(24)16(9-23)27-19(12)26-11-21-22-20)25-10-13-6-7-14-4-2-3-5-15(14)8-13/h2-8,12,16-19,23-24H,9-11H2,1H3/t12?,16?,17-,18+,19-/m0/s1. The normalized spacial score (nSPS) is 28.0. The van der Waals surface area contributed by atoms with Crippen LogP contribution in [0.4, 0.5) is 0 Å². The Balaban J connectivity index is 1.70. The van der Waals surface area contributed by atoms with Crippen LogP contribution in [0.15, 0.2) is 47.6 Å². The van der Waals surface area contributed by atoms with Crippen LogP contribution in [0.25, 0.3) is 21.2 Å². The molecule has 5 atom stereocenters. The fraction of sp³-hybridized carbons (Fsp3) is 0.474. The zero-order valence-electron chi connectivity index (χ0n) is 15.0. The zero-order chi connectivity index (χ0) is 19.2. The molecule has 1 saturated heterocycles. The van der Waals surface area contributed by atoms with Gasteiger partial charge in [0.1, 0.15) is 18.9 Å². The van der Waals surface area contributed by atoms with Crippen LogP contribution in [0.5, 0.6) is 0 Å². The molecule has 8 heteroatoms. The van der Waals surface area contributed by atoms with Crippen LogP contribution >= 0.6 is 0 Å². The molecule has 2 aromatic rings. The van der Waals surface area contributed by atoms with Crippen LogP contribution in [0.1, 0.15) is 12.5 Å². The van der Waals surface area contributed by atoms with Gasteiger partial charge in [-0.3, -0.25) is 0 Å². The molecule has 0 amide bonds. The molecule has 0 aromatic heterocycles. The Morgan fingerprint density at radius 1 is 1.19 bits per heavy atom. The number of hydrogen-bond donors (Lipinski definition) is 2. The highest BCUT2D eigenvalue weighted by molar-refractivity contribution is 5.82. The minimum absolute atomic E-state index is 0.197. The van der Waals surface area contributed by atoms with Crippen molar-refractivity contribution in [3.05, 3.63) is 58.5 Å². The van der Waals surface area contributed by atoms with Gasteiger partial charge in [-0.05, 0) is 27.9 Å². The molecule has 1 heterocycles. The third-order valence-electron chi connectivity index (χ3n) is 4.77. The van der Waals surface area contributed by atoms with Crippen molar-refractivity contribution >= 4 is 10.8 Å². The van der Waals surface area contributed by atoms with Crippen molar-refractivity contribution in [2.75, 3.05) is 13.3 Å². The Kier molecular flexibility index (Phi) is 6.63. The van der Waals surface area contributed by atoms with E-state index in [1.165, 1.54) is 0 Å². The maximum atomic E-state index is 10.5.